The normalized spacial score (nSPS) is 21.7. The first-order valence-corrected chi connectivity index (χ1v) is 9.03. The van der Waals surface area contributed by atoms with Gasteiger partial charge in [-0.15, -0.1) is 0 Å². The van der Waals surface area contributed by atoms with Crippen LogP contribution < -0.4 is 10.2 Å². The van der Waals surface area contributed by atoms with E-state index in [4.69, 9.17) is 4.74 Å². The van der Waals surface area contributed by atoms with Gasteiger partial charge < -0.3 is 19.9 Å². The molecule has 2 saturated heterocycles. The van der Waals surface area contributed by atoms with Gasteiger partial charge in [-0.25, -0.2) is 4.39 Å². The molecule has 2 aliphatic rings. The van der Waals surface area contributed by atoms with Gasteiger partial charge in [0.15, 0.2) is 0 Å². The topological polar surface area (TPSA) is 61.9 Å². The van der Waals surface area contributed by atoms with Crippen LogP contribution in [-0.2, 0) is 14.3 Å². The Morgan fingerprint density at radius 1 is 1.31 bits per heavy atom. The summed E-state index contributed by atoms with van der Waals surface area (Å²) < 4.78 is 19.3. The molecular formula is C19H26FN3O3. The highest BCUT2D eigenvalue weighted by Crippen LogP contribution is 2.38. The monoisotopic (exact) mass is 363 g/mol. The third-order valence-corrected chi connectivity index (χ3v) is 5.49. The Hall–Kier alpha value is -2.15. The Bertz CT molecular complexity index is 656. The first-order chi connectivity index (χ1) is 12.4. The molecule has 26 heavy (non-hydrogen) atoms. The van der Waals surface area contributed by atoms with Crippen molar-refractivity contribution in [1.82, 2.24) is 10.2 Å². The molecule has 142 valence electrons. The Labute approximate surface area is 153 Å². The fourth-order valence-electron chi connectivity index (χ4n) is 3.78. The predicted molar refractivity (Wildman–Crippen MR) is 96.4 cm³/mol. The standard InChI is InChI=1S/C19H26FN3O3/c1-14(24)21-12-18(25)23-9-7-19(8-10-23)11-17(13-26-19)22(2)16-5-3-15(20)4-6-16/h3-6,17H,7-13H2,1-2H3,(H,21,24)/t17-/m0/s1. The molecule has 0 unspecified atom stereocenters. The molecule has 2 aliphatic heterocycles. The minimum Gasteiger partial charge on any atom is -0.373 e. The van der Waals surface area contributed by atoms with E-state index in [1.54, 1.807) is 17.0 Å². The summed E-state index contributed by atoms with van der Waals surface area (Å²) in [5.74, 6) is -0.483. The maximum atomic E-state index is 13.1. The largest absolute Gasteiger partial charge is 0.373 e. The van der Waals surface area contributed by atoms with Gasteiger partial charge in [0.2, 0.25) is 11.8 Å². The third kappa shape index (κ3) is 4.15. The first kappa shape index (κ1) is 18.6. The SMILES string of the molecule is CC(=O)NCC(=O)N1CCC2(CC1)C[C@H](N(C)c1ccc(F)cc1)CO2. The lowest BCUT2D eigenvalue weighted by molar-refractivity contribution is -0.136. The van der Waals surface area contributed by atoms with E-state index in [1.807, 2.05) is 7.05 Å². The maximum absolute atomic E-state index is 13.1. The van der Waals surface area contributed by atoms with Crippen molar-refractivity contribution in [3.05, 3.63) is 30.1 Å². The molecule has 6 nitrogen and oxygen atoms in total. The van der Waals surface area contributed by atoms with Gasteiger partial charge >= 0.3 is 0 Å². The van der Waals surface area contributed by atoms with Crippen LogP contribution in [0.1, 0.15) is 26.2 Å². The number of hydrogen-bond donors (Lipinski definition) is 1. The highest BCUT2D eigenvalue weighted by atomic mass is 19.1. The van der Waals surface area contributed by atoms with Crippen LogP contribution in [0.3, 0.4) is 0 Å². The summed E-state index contributed by atoms with van der Waals surface area (Å²) in [7, 11) is 2.01. The molecule has 7 heteroatoms. The van der Waals surface area contributed by atoms with Crippen molar-refractivity contribution in [3.63, 3.8) is 0 Å². The van der Waals surface area contributed by atoms with E-state index in [0.29, 0.717) is 19.7 Å². The van der Waals surface area contributed by atoms with E-state index in [9.17, 15) is 14.0 Å². The molecular weight excluding hydrogens is 337 g/mol. The quantitative estimate of drug-likeness (QED) is 0.882. The lowest BCUT2D eigenvalue weighted by Gasteiger charge is -2.39. The number of likely N-dealkylation sites (tertiary alicyclic amines) is 1. The number of hydrogen-bond acceptors (Lipinski definition) is 4. The molecule has 1 aromatic rings. The Balaban J connectivity index is 1.53. The van der Waals surface area contributed by atoms with Crippen molar-refractivity contribution in [2.24, 2.45) is 0 Å². The minimum atomic E-state index is -0.238. The van der Waals surface area contributed by atoms with Crippen LogP contribution in [0.4, 0.5) is 10.1 Å². The minimum absolute atomic E-state index is 0.0481. The molecule has 1 spiro atoms. The number of nitrogens with zero attached hydrogens (tertiary/aromatic N) is 2. The van der Waals surface area contributed by atoms with Crippen LogP contribution >= 0.6 is 0 Å². The first-order valence-electron chi connectivity index (χ1n) is 9.03. The van der Waals surface area contributed by atoms with Crippen molar-refractivity contribution >= 4 is 17.5 Å². The number of amides is 2. The number of nitrogens with one attached hydrogen (secondary N) is 1. The average Bonchev–Trinajstić information content (AvgIpc) is 3.04. The highest BCUT2D eigenvalue weighted by molar-refractivity contribution is 5.83. The van der Waals surface area contributed by atoms with E-state index in [0.717, 1.165) is 24.9 Å². The fraction of sp³-hybridized carbons (Fsp3) is 0.579. The van der Waals surface area contributed by atoms with Crippen molar-refractivity contribution in [2.75, 3.05) is 38.2 Å². The molecule has 2 amide bonds. The van der Waals surface area contributed by atoms with Gasteiger partial charge in [0.1, 0.15) is 5.82 Å². The zero-order valence-corrected chi connectivity index (χ0v) is 15.3. The molecule has 2 fully saturated rings. The number of anilines is 1. The summed E-state index contributed by atoms with van der Waals surface area (Å²) in [4.78, 5) is 27.0. The third-order valence-electron chi connectivity index (χ3n) is 5.49. The van der Waals surface area contributed by atoms with Crippen molar-refractivity contribution in [1.29, 1.82) is 0 Å². The number of benzene rings is 1. The Morgan fingerprint density at radius 2 is 1.96 bits per heavy atom. The number of carbonyl (C=O) groups is 2. The van der Waals surface area contributed by atoms with Crippen LogP contribution in [0, 0.1) is 5.82 Å². The second-order valence-corrected chi connectivity index (χ2v) is 7.23. The van der Waals surface area contributed by atoms with Gasteiger partial charge in [0.05, 0.1) is 24.8 Å². The van der Waals surface area contributed by atoms with Crippen LogP contribution in [0.5, 0.6) is 0 Å². The van der Waals surface area contributed by atoms with Gasteiger partial charge in [-0.2, -0.15) is 0 Å². The molecule has 1 aromatic carbocycles. The summed E-state index contributed by atoms with van der Waals surface area (Å²) in [5, 5.41) is 2.55. The molecule has 1 atom stereocenters. The number of piperidine rings is 1. The summed E-state index contributed by atoms with van der Waals surface area (Å²) in [6.07, 6.45) is 2.49. The van der Waals surface area contributed by atoms with Crippen LogP contribution in [-0.4, -0.2) is 61.6 Å². The van der Waals surface area contributed by atoms with E-state index < -0.39 is 0 Å². The molecule has 0 aliphatic carbocycles. The lowest BCUT2D eigenvalue weighted by atomic mass is 9.87. The molecule has 1 N–H and O–H groups in total. The molecule has 2 heterocycles. The zero-order chi connectivity index (χ0) is 18.7. The summed E-state index contributed by atoms with van der Waals surface area (Å²) in [6, 6.07) is 6.74. The maximum Gasteiger partial charge on any atom is 0.241 e. The van der Waals surface area contributed by atoms with Crippen molar-refractivity contribution in [3.8, 4) is 0 Å². The Kier molecular flexibility index (Phi) is 5.46. The summed E-state index contributed by atoms with van der Waals surface area (Å²) >= 11 is 0. The van der Waals surface area contributed by atoms with Gasteiger partial charge in [-0.3, -0.25) is 9.59 Å². The van der Waals surface area contributed by atoms with Crippen molar-refractivity contribution in [2.45, 2.75) is 37.8 Å². The molecule has 3 rings (SSSR count). The van der Waals surface area contributed by atoms with Gasteiger partial charge in [-0.05, 0) is 43.5 Å². The van der Waals surface area contributed by atoms with E-state index in [-0.39, 0.29) is 35.8 Å². The second-order valence-electron chi connectivity index (χ2n) is 7.23. The van der Waals surface area contributed by atoms with Crippen LogP contribution in [0.25, 0.3) is 0 Å². The summed E-state index contributed by atoms with van der Waals surface area (Å²) in [6.45, 7) is 3.38. The fourth-order valence-corrected chi connectivity index (χ4v) is 3.78. The molecule has 0 saturated carbocycles. The summed E-state index contributed by atoms with van der Waals surface area (Å²) in [5.41, 5.74) is 0.781. The highest BCUT2D eigenvalue weighted by Gasteiger charge is 2.44. The predicted octanol–water partition coefficient (Wildman–Crippen LogP) is 1.55. The van der Waals surface area contributed by atoms with E-state index >= 15 is 0 Å². The number of likely N-dealkylation sites (N-methyl/N-ethyl adjacent to an activating group) is 1. The number of ether oxygens (including phenoxy) is 1. The lowest BCUT2D eigenvalue weighted by Crippen LogP contribution is -2.49. The van der Waals surface area contributed by atoms with Crippen LogP contribution in [0.15, 0.2) is 24.3 Å². The second kappa shape index (κ2) is 7.61. The van der Waals surface area contributed by atoms with Gasteiger partial charge in [-0.1, -0.05) is 0 Å². The molecule has 0 bridgehead atoms. The van der Waals surface area contributed by atoms with Gasteiger partial charge in [0, 0.05) is 32.7 Å². The number of carbonyl (C=O) groups excluding carboxylic acids is 2. The van der Waals surface area contributed by atoms with E-state index in [2.05, 4.69) is 10.2 Å². The Morgan fingerprint density at radius 3 is 2.58 bits per heavy atom. The molecule has 0 aromatic heterocycles. The zero-order valence-electron chi connectivity index (χ0n) is 15.3. The average molecular weight is 363 g/mol. The van der Waals surface area contributed by atoms with Crippen molar-refractivity contribution < 1.29 is 18.7 Å². The number of rotatable bonds is 4. The van der Waals surface area contributed by atoms with E-state index in [1.165, 1.54) is 19.1 Å². The number of halogens is 1. The molecule has 0 radical (unpaired) electrons. The smallest absolute Gasteiger partial charge is 0.241 e. The van der Waals surface area contributed by atoms with Gasteiger partial charge in [0.25, 0.3) is 0 Å². The van der Waals surface area contributed by atoms with Crippen LogP contribution in [0.2, 0.25) is 0 Å².